The molecule has 0 spiro atoms. The molecule has 150 valence electrons. The second-order valence-electron chi connectivity index (χ2n) is 7.23. The monoisotopic (exact) mass is 412 g/mol. The molecule has 2 aromatic heterocycles. The standard InChI is InChI=1S/C26H16N6/c27-15-19-6-1-3-10-21(19)25-13-23(29-31-25)17-8-5-9-18(12-17)24-14-26(32-30-24)22-11-4-2-7-20(22)16-28/h1-14H,(H,29,31)(H,30,32). The average Bonchev–Trinajstić information content (AvgIpc) is 3.54. The van der Waals surface area contributed by atoms with Crippen molar-refractivity contribution in [3.8, 4) is 57.2 Å². The third-order valence-electron chi connectivity index (χ3n) is 5.29. The minimum Gasteiger partial charge on any atom is -0.277 e. The van der Waals surface area contributed by atoms with E-state index in [2.05, 4.69) is 32.5 Å². The van der Waals surface area contributed by atoms with E-state index in [0.29, 0.717) is 11.1 Å². The number of aromatic nitrogens is 4. The fourth-order valence-corrected chi connectivity index (χ4v) is 3.68. The lowest BCUT2D eigenvalue weighted by Crippen LogP contribution is -1.83. The maximum absolute atomic E-state index is 9.37. The van der Waals surface area contributed by atoms with Crippen molar-refractivity contribution in [1.82, 2.24) is 20.4 Å². The molecule has 0 saturated carbocycles. The number of hydrogen-bond acceptors (Lipinski definition) is 4. The Morgan fingerprint density at radius 2 is 1.03 bits per heavy atom. The highest BCUT2D eigenvalue weighted by Gasteiger charge is 2.12. The number of hydrogen-bond donors (Lipinski definition) is 2. The van der Waals surface area contributed by atoms with Gasteiger partial charge in [-0.2, -0.15) is 20.7 Å². The van der Waals surface area contributed by atoms with Crippen LogP contribution in [0.5, 0.6) is 0 Å². The summed E-state index contributed by atoms with van der Waals surface area (Å²) < 4.78 is 0. The van der Waals surface area contributed by atoms with Crippen molar-refractivity contribution in [3.05, 3.63) is 96.1 Å². The molecule has 0 aliphatic rings. The van der Waals surface area contributed by atoms with Gasteiger partial charge in [-0.25, -0.2) is 0 Å². The Hall–Kier alpha value is -4.94. The first-order chi connectivity index (χ1) is 15.8. The topological polar surface area (TPSA) is 105 Å². The molecular weight excluding hydrogens is 396 g/mol. The summed E-state index contributed by atoms with van der Waals surface area (Å²) in [5.74, 6) is 0. The molecular formula is C26H16N6. The first-order valence-electron chi connectivity index (χ1n) is 9.97. The summed E-state index contributed by atoms with van der Waals surface area (Å²) in [5, 5.41) is 33.7. The molecule has 0 atom stereocenters. The molecule has 5 aromatic rings. The van der Waals surface area contributed by atoms with Gasteiger partial charge in [0, 0.05) is 22.3 Å². The van der Waals surface area contributed by atoms with Crippen LogP contribution >= 0.6 is 0 Å². The number of nitrogens with zero attached hydrogens (tertiary/aromatic N) is 4. The van der Waals surface area contributed by atoms with Crippen molar-refractivity contribution in [2.24, 2.45) is 0 Å². The largest absolute Gasteiger partial charge is 0.277 e. The summed E-state index contributed by atoms with van der Waals surface area (Å²) in [5.41, 5.74) is 7.82. The van der Waals surface area contributed by atoms with Crippen molar-refractivity contribution < 1.29 is 0 Å². The van der Waals surface area contributed by atoms with E-state index < -0.39 is 0 Å². The van der Waals surface area contributed by atoms with Crippen LogP contribution in [0.3, 0.4) is 0 Å². The van der Waals surface area contributed by atoms with E-state index in [1.165, 1.54) is 0 Å². The van der Waals surface area contributed by atoms with Crippen molar-refractivity contribution in [2.45, 2.75) is 0 Å². The summed E-state index contributed by atoms with van der Waals surface area (Å²) >= 11 is 0. The zero-order valence-electron chi connectivity index (χ0n) is 16.9. The van der Waals surface area contributed by atoms with Gasteiger partial charge >= 0.3 is 0 Å². The van der Waals surface area contributed by atoms with Gasteiger partial charge in [0.2, 0.25) is 0 Å². The highest BCUT2D eigenvalue weighted by molar-refractivity contribution is 5.77. The Morgan fingerprint density at radius 1 is 0.562 bits per heavy atom. The predicted octanol–water partition coefficient (Wildman–Crippen LogP) is 5.54. The molecule has 0 amide bonds. The Labute approximate surface area is 184 Å². The van der Waals surface area contributed by atoms with Gasteiger partial charge < -0.3 is 0 Å². The van der Waals surface area contributed by atoms with Crippen LogP contribution in [-0.2, 0) is 0 Å². The fraction of sp³-hybridized carbons (Fsp3) is 0. The van der Waals surface area contributed by atoms with Gasteiger partial charge in [0.05, 0.1) is 46.0 Å². The summed E-state index contributed by atoms with van der Waals surface area (Å²) in [7, 11) is 0. The van der Waals surface area contributed by atoms with Gasteiger partial charge in [-0.15, -0.1) is 0 Å². The predicted molar refractivity (Wildman–Crippen MR) is 122 cm³/mol. The summed E-state index contributed by atoms with van der Waals surface area (Å²) in [6.07, 6.45) is 0. The van der Waals surface area contributed by atoms with Gasteiger partial charge in [-0.1, -0.05) is 54.6 Å². The van der Waals surface area contributed by atoms with Crippen LogP contribution in [0.2, 0.25) is 0 Å². The van der Waals surface area contributed by atoms with E-state index in [0.717, 1.165) is 45.0 Å². The number of rotatable bonds is 4. The molecule has 0 unspecified atom stereocenters. The smallest absolute Gasteiger partial charge is 0.0998 e. The zero-order chi connectivity index (χ0) is 21.9. The Balaban J connectivity index is 1.48. The SMILES string of the molecule is N#Cc1ccccc1-c1cc(-c2cccc(-c3cc(-c4ccccc4C#N)[nH]n3)c2)n[nH]1. The third-order valence-corrected chi connectivity index (χ3v) is 5.29. The highest BCUT2D eigenvalue weighted by Crippen LogP contribution is 2.30. The highest BCUT2D eigenvalue weighted by atomic mass is 15.1. The van der Waals surface area contributed by atoms with Gasteiger partial charge in [0.15, 0.2) is 0 Å². The van der Waals surface area contributed by atoms with Crippen molar-refractivity contribution in [1.29, 1.82) is 10.5 Å². The van der Waals surface area contributed by atoms with E-state index in [-0.39, 0.29) is 0 Å². The van der Waals surface area contributed by atoms with Crippen molar-refractivity contribution in [3.63, 3.8) is 0 Å². The quantitative estimate of drug-likeness (QED) is 0.404. The van der Waals surface area contributed by atoms with Crippen LogP contribution in [-0.4, -0.2) is 20.4 Å². The van der Waals surface area contributed by atoms with Crippen LogP contribution in [0.25, 0.3) is 45.0 Å². The van der Waals surface area contributed by atoms with Crippen molar-refractivity contribution in [2.75, 3.05) is 0 Å². The molecule has 0 aliphatic heterocycles. The van der Waals surface area contributed by atoms with E-state index in [4.69, 9.17) is 0 Å². The molecule has 0 radical (unpaired) electrons. The molecule has 2 N–H and O–H groups in total. The number of H-pyrrole nitrogens is 2. The fourth-order valence-electron chi connectivity index (χ4n) is 3.68. The van der Waals surface area contributed by atoms with E-state index in [1.807, 2.05) is 72.8 Å². The number of nitriles is 2. The molecule has 32 heavy (non-hydrogen) atoms. The maximum Gasteiger partial charge on any atom is 0.0998 e. The lowest BCUT2D eigenvalue weighted by Gasteiger charge is -2.01. The lowest BCUT2D eigenvalue weighted by atomic mass is 10.0. The maximum atomic E-state index is 9.37. The molecule has 0 aliphatic carbocycles. The van der Waals surface area contributed by atoms with Crippen LogP contribution in [0.1, 0.15) is 11.1 Å². The number of nitrogens with one attached hydrogen (secondary N) is 2. The lowest BCUT2D eigenvalue weighted by molar-refractivity contribution is 1.09. The van der Waals surface area contributed by atoms with Crippen LogP contribution in [0, 0.1) is 22.7 Å². The molecule has 6 nitrogen and oxygen atoms in total. The van der Waals surface area contributed by atoms with E-state index in [1.54, 1.807) is 12.1 Å². The number of benzene rings is 3. The second-order valence-corrected chi connectivity index (χ2v) is 7.23. The molecule has 0 bridgehead atoms. The van der Waals surface area contributed by atoms with Gasteiger partial charge in [0.25, 0.3) is 0 Å². The van der Waals surface area contributed by atoms with Crippen LogP contribution in [0.15, 0.2) is 84.9 Å². The Bertz CT molecular complexity index is 1400. The summed E-state index contributed by atoms with van der Waals surface area (Å²) in [6.45, 7) is 0. The molecule has 0 fully saturated rings. The molecule has 0 saturated heterocycles. The van der Waals surface area contributed by atoms with E-state index >= 15 is 0 Å². The Morgan fingerprint density at radius 3 is 1.50 bits per heavy atom. The van der Waals surface area contributed by atoms with Crippen LogP contribution < -0.4 is 0 Å². The molecule has 3 aromatic carbocycles. The van der Waals surface area contributed by atoms with E-state index in [9.17, 15) is 10.5 Å². The third kappa shape index (κ3) is 3.43. The molecule has 6 heteroatoms. The first kappa shape index (κ1) is 19.0. The molecule has 5 rings (SSSR count). The normalized spacial score (nSPS) is 10.4. The minimum absolute atomic E-state index is 0.596. The summed E-state index contributed by atoms with van der Waals surface area (Å²) in [6, 6.07) is 31.1. The van der Waals surface area contributed by atoms with Crippen molar-refractivity contribution >= 4 is 0 Å². The van der Waals surface area contributed by atoms with Crippen LogP contribution in [0.4, 0.5) is 0 Å². The number of aromatic amines is 2. The van der Waals surface area contributed by atoms with Gasteiger partial charge in [-0.05, 0) is 30.3 Å². The summed E-state index contributed by atoms with van der Waals surface area (Å²) in [4.78, 5) is 0. The second kappa shape index (κ2) is 8.06. The average molecular weight is 412 g/mol. The van der Waals surface area contributed by atoms with Gasteiger partial charge in [-0.3, -0.25) is 10.2 Å². The minimum atomic E-state index is 0.596. The molecule has 2 heterocycles. The Kier molecular flexibility index (Phi) is 4.80. The van der Waals surface area contributed by atoms with Gasteiger partial charge in [0.1, 0.15) is 0 Å². The first-order valence-corrected chi connectivity index (χ1v) is 9.97. The zero-order valence-corrected chi connectivity index (χ0v) is 16.9.